The number of carbonyl (C=O) groups excluding carboxylic acids is 2. The SMILES string of the molecule is COc1ccc(C2(C(=O)N3C[C@@H]4OCC(=O)N(CCc5ccccc5)[C@H]4C3)CCOCC2)cc1. The summed E-state index contributed by atoms with van der Waals surface area (Å²) >= 11 is 0. The summed E-state index contributed by atoms with van der Waals surface area (Å²) in [4.78, 5) is 30.7. The highest BCUT2D eigenvalue weighted by Crippen LogP contribution is 2.39. The van der Waals surface area contributed by atoms with Gasteiger partial charge < -0.3 is 24.0 Å². The third-order valence-electron chi connectivity index (χ3n) is 7.55. The second kappa shape index (κ2) is 9.76. The number of methoxy groups -OCH3 is 1. The molecule has 2 atom stereocenters. The highest BCUT2D eigenvalue weighted by Gasteiger charge is 2.50. The Morgan fingerprint density at radius 2 is 1.79 bits per heavy atom. The van der Waals surface area contributed by atoms with Crippen LogP contribution in [0.4, 0.5) is 0 Å². The summed E-state index contributed by atoms with van der Waals surface area (Å²) in [5.74, 6) is 0.878. The number of carbonyl (C=O) groups is 2. The van der Waals surface area contributed by atoms with Crippen molar-refractivity contribution in [1.29, 1.82) is 0 Å². The molecule has 2 aromatic rings. The summed E-state index contributed by atoms with van der Waals surface area (Å²) in [5, 5.41) is 0. The summed E-state index contributed by atoms with van der Waals surface area (Å²) in [6.07, 6.45) is 1.92. The van der Waals surface area contributed by atoms with Crippen LogP contribution in [0.15, 0.2) is 54.6 Å². The Morgan fingerprint density at radius 3 is 2.50 bits per heavy atom. The molecule has 0 aromatic heterocycles. The quantitative estimate of drug-likeness (QED) is 0.657. The summed E-state index contributed by atoms with van der Waals surface area (Å²) in [6, 6.07) is 17.9. The van der Waals surface area contributed by atoms with Gasteiger partial charge in [-0.05, 0) is 42.5 Å². The third-order valence-corrected chi connectivity index (χ3v) is 7.55. The van der Waals surface area contributed by atoms with E-state index in [1.807, 2.05) is 52.3 Å². The molecule has 7 heteroatoms. The molecule has 0 saturated carbocycles. The van der Waals surface area contributed by atoms with Crippen molar-refractivity contribution in [3.63, 3.8) is 0 Å². The average molecular weight is 465 g/mol. The molecule has 3 saturated heterocycles. The molecule has 3 aliphatic heterocycles. The van der Waals surface area contributed by atoms with E-state index in [4.69, 9.17) is 14.2 Å². The molecule has 7 nitrogen and oxygen atoms in total. The van der Waals surface area contributed by atoms with Crippen molar-refractivity contribution in [3.05, 3.63) is 65.7 Å². The minimum absolute atomic E-state index is 0.00224. The number of likely N-dealkylation sites (tertiary alicyclic amines) is 1. The van der Waals surface area contributed by atoms with Gasteiger partial charge >= 0.3 is 0 Å². The highest BCUT2D eigenvalue weighted by molar-refractivity contribution is 5.89. The van der Waals surface area contributed by atoms with Gasteiger partial charge in [-0.3, -0.25) is 9.59 Å². The number of fused-ring (bicyclic) bond motifs is 1. The normalized spacial score (nSPS) is 24.1. The number of nitrogens with zero attached hydrogens (tertiary/aromatic N) is 2. The second-order valence-electron chi connectivity index (χ2n) is 9.37. The smallest absolute Gasteiger partial charge is 0.248 e. The first-order chi connectivity index (χ1) is 16.6. The van der Waals surface area contributed by atoms with Gasteiger partial charge in [0.05, 0.1) is 24.7 Å². The number of rotatable bonds is 6. The van der Waals surface area contributed by atoms with Gasteiger partial charge in [0.2, 0.25) is 11.8 Å². The van der Waals surface area contributed by atoms with Crippen molar-refractivity contribution >= 4 is 11.8 Å². The van der Waals surface area contributed by atoms with Crippen LogP contribution in [0.25, 0.3) is 0 Å². The van der Waals surface area contributed by atoms with Gasteiger partial charge in [0.25, 0.3) is 0 Å². The van der Waals surface area contributed by atoms with Crippen LogP contribution in [0, 0.1) is 0 Å². The Labute approximate surface area is 200 Å². The minimum atomic E-state index is -0.628. The Hall–Kier alpha value is -2.90. The van der Waals surface area contributed by atoms with Crippen molar-refractivity contribution in [1.82, 2.24) is 9.80 Å². The summed E-state index contributed by atoms with van der Waals surface area (Å²) in [5.41, 5.74) is 1.57. The van der Waals surface area contributed by atoms with Gasteiger partial charge in [-0.15, -0.1) is 0 Å². The van der Waals surface area contributed by atoms with Crippen LogP contribution < -0.4 is 4.74 Å². The monoisotopic (exact) mass is 464 g/mol. The van der Waals surface area contributed by atoms with E-state index in [1.54, 1.807) is 7.11 Å². The van der Waals surface area contributed by atoms with Gasteiger partial charge in [0.1, 0.15) is 12.4 Å². The molecule has 180 valence electrons. The van der Waals surface area contributed by atoms with Gasteiger partial charge in [0.15, 0.2) is 0 Å². The lowest BCUT2D eigenvalue weighted by Gasteiger charge is -2.39. The lowest BCUT2D eigenvalue weighted by molar-refractivity contribution is -0.152. The summed E-state index contributed by atoms with van der Waals surface area (Å²) in [7, 11) is 1.64. The van der Waals surface area contributed by atoms with Gasteiger partial charge in [0, 0.05) is 32.8 Å². The van der Waals surface area contributed by atoms with Gasteiger partial charge in [-0.25, -0.2) is 0 Å². The largest absolute Gasteiger partial charge is 0.497 e. The van der Waals surface area contributed by atoms with Crippen molar-refractivity contribution < 1.29 is 23.8 Å². The maximum absolute atomic E-state index is 14.1. The van der Waals surface area contributed by atoms with E-state index in [1.165, 1.54) is 5.56 Å². The predicted molar refractivity (Wildman–Crippen MR) is 127 cm³/mol. The number of benzene rings is 2. The molecule has 3 fully saturated rings. The van der Waals surface area contributed by atoms with Crippen molar-refractivity contribution in [2.24, 2.45) is 0 Å². The van der Waals surface area contributed by atoms with Crippen LogP contribution in [-0.2, 0) is 30.9 Å². The van der Waals surface area contributed by atoms with E-state index in [-0.39, 0.29) is 30.6 Å². The van der Waals surface area contributed by atoms with Crippen molar-refractivity contribution in [2.75, 3.05) is 46.6 Å². The summed E-state index contributed by atoms with van der Waals surface area (Å²) in [6.45, 7) is 2.83. The third kappa shape index (κ3) is 4.30. The lowest BCUT2D eigenvalue weighted by atomic mass is 9.73. The zero-order chi connectivity index (χ0) is 23.5. The van der Waals surface area contributed by atoms with Crippen molar-refractivity contribution in [2.45, 2.75) is 36.8 Å². The number of ether oxygens (including phenoxy) is 3. The number of hydrogen-bond donors (Lipinski definition) is 0. The predicted octanol–water partition coefficient (Wildman–Crippen LogP) is 2.42. The Balaban J connectivity index is 1.35. The Bertz CT molecular complexity index is 1000. The zero-order valence-corrected chi connectivity index (χ0v) is 19.7. The first-order valence-corrected chi connectivity index (χ1v) is 12.1. The average Bonchev–Trinajstić information content (AvgIpc) is 3.33. The number of hydrogen-bond acceptors (Lipinski definition) is 5. The molecule has 2 amide bonds. The molecule has 0 N–H and O–H groups in total. The van der Waals surface area contributed by atoms with Crippen LogP contribution >= 0.6 is 0 Å². The van der Waals surface area contributed by atoms with E-state index in [2.05, 4.69) is 12.1 Å². The fraction of sp³-hybridized carbons (Fsp3) is 0.481. The fourth-order valence-corrected chi connectivity index (χ4v) is 5.58. The molecule has 2 aromatic carbocycles. The molecule has 34 heavy (non-hydrogen) atoms. The van der Waals surface area contributed by atoms with E-state index < -0.39 is 5.41 Å². The molecular weight excluding hydrogens is 432 g/mol. The topological polar surface area (TPSA) is 68.3 Å². The second-order valence-corrected chi connectivity index (χ2v) is 9.37. The molecule has 0 spiro atoms. The summed E-state index contributed by atoms with van der Waals surface area (Å²) < 4.78 is 16.9. The minimum Gasteiger partial charge on any atom is -0.497 e. The molecular formula is C27H32N2O5. The molecule has 5 rings (SSSR count). The van der Waals surface area contributed by atoms with Crippen LogP contribution in [0.3, 0.4) is 0 Å². The molecule has 0 bridgehead atoms. The van der Waals surface area contributed by atoms with Gasteiger partial charge in [-0.2, -0.15) is 0 Å². The van der Waals surface area contributed by atoms with Crippen molar-refractivity contribution in [3.8, 4) is 5.75 Å². The van der Waals surface area contributed by atoms with Crippen LogP contribution in [0.2, 0.25) is 0 Å². The maximum Gasteiger partial charge on any atom is 0.248 e. The van der Waals surface area contributed by atoms with E-state index in [0.717, 1.165) is 17.7 Å². The molecule has 3 aliphatic rings. The Kier molecular flexibility index (Phi) is 6.57. The van der Waals surface area contributed by atoms with Crippen LogP contribution in [0.1, 0.15) is 24.0 Å². The standard InChI is InChI=1S/C27H32N2O5/c1-32-22-9-7-21(8-10-22)27(12-15-33-16-13-27)26(31)28-17-23-24(18-28)34-19-25(30)29(23)14-11-20-5-3-2-4-6-20/h2-10,23-24H,11-19H2,1H3/t23-,24-/m0/s1. The Morgan fingerprint density at radius 1 is 1.06 bits per heavy atom. The van der Waals surface area contributed by atoms with Crippen LogP contribution in [-0.4, -0.2) is 80.3 Å². The number of amides is 2. The van der Waals surface area contributed by atoms with E-state index in [0.29, 0.717) is 45.7 Å². The maximum atomic E-state index is 14.1. The molecule has 0 radical (unpaired) electrons. The zero-order valence-electron chi connectivity index (χ0n) is 19.7. The van der Waals surface area contributed by atoms with Gasteiger partial charge in [-0.1, -0.05) is 42.5 Å². The number of morpholine rings is 1. The van der Waals surface area contributed by atoms with E-state index >= 15 is 0 Å². The first-order valence-electron chi connectivity index (χ1n) is 12.1. The molecule has 3 heterocycles. The first kappa shape index (κ1) is 22.9. The van der Waals surface area contributed by atoms with Crippen LogP contribution in [0.5, 0.6) is 5.75 Å². The van der Waals surface area contributed by atoms with E-state index in [9.17, 15) is 9.59 Å². The molecule has 0 unspecified atom stereocenters. The fourth-order valence-electron chi connectivity index (χ4n) is 5.58. The lowest BCUT2D eigenvalue weighted by Crippen LogP contribution is -2.54. The highest BCUT2D eigenvalue weighted by atomic mass is 16.5. The molecule has 0 aliphatic carbocycles.